The lowest BCUT2D eigenvalue weighted by Crippen LogP contribution is -1.90. The van der Waals surface area contributed by atoms with Crippen LogP contribution in [0, 0.1) is 0 Å². The van der Waals surface area contributed by atoms with Gasteiger partial charge in [-0.3, -0.25) is 0 Å². The van der Waals surface area contributed by atoms with Crippen molar-refractivity contribution in [3.8, 4) is 5.75 Å². The molecule has 2 aromatic carbocycles. The number of methoxy groups -OCH3 is 1. The van der Waals surface area contributed by atoms with Crippen LogP contribution >= 0.6 is 24.2 Å². The van der Waals surface area contributed by atoms with Crippen molar-refractivity contribution < 1.29 is 4.74 Å². The number of anilines is 1. The average molecular weight is 320 g/mol. The van der Waals surface area contributed by atoms with Crippen molar-refractivity contribution in [2.24, 2.45) is 0 Å². The first-order chi connectivity index (χ1) is 10.1. The molecule has 0 fully saturated rings. The molecule has 0 atom stereocenters. The Kier molecular flexibility index (Phi) is 7.51. The van der Waals surface area contributed by atoms with Crippen LogP contribution in [-0.4, -0.2) is 7.11 Å². The van der Waals surface area contributed by atoms with Gasteiger partial charge in [-0.1, -0.05) is 42.5 Å². The van der Waals surface area contributed by atoms with Gasteiger partial charge in [-0.25, -0.2) is 0 Å². The highest BCUT2D eigenvalue weighted by molar-refractivity contribution is 7.83. The van der Waals surface area contributed by atoms with Crippen LogP contribution in [-0.2, 0) is 0 Å². The number of nitrogen functional groups attached to an aromatic ring is 1. The van der Waals surface area contributed by atoms with Crippen LogP contribution in [0.1, 0.15) is 11.1 Å². The van der Waals surface area contributed by atoms with Gasteiger partial charge in [0.1, 0.15) is 5.75 Å². The molecule has 0 aliphatic heterocycles. The molecular formula is C17H18ClNOS. The normalized spacial score (nSPS) is 9.86. The van der Waals surface area contributed by atoms with Gasteiger partial charge in [-0.05, 0) is 41.3 Å². The second-order valence-corrected chi connectivity index (χ2v) is 4.87. The number of halogens is 1. The van der Waals surface area contributed by atoms with Crippen LogP contribution in [0.4, 0.5) is 5.69 Å². The third-order valence-electron chi connectivity index (χ3n) is 2.58. The molecule has 0 bridgehead atoms. The van der Waals surface area contributed by atoms with E-state index in [9.17, 15) is 0 Å². The van der Waals surface area contributed by atoms with Crippen LogP contribution < -0.4 is 10.5 Å². The van der Waals surface area contributed by atoms with Crippen molar-refractivity contribution in [2.45, 2.75) is 0 Å². The minimum Gasteiger partial charge on any atom is -0.496 e. The molecule has 2 nitrogen and oxygen atoms in total. The molecule has 2 N–H and O–H groups in total. The van der Waals surface area contributed by atoms with E-state index < -0.39 is 0 Å². The summed E-state index contributed by atoms with van der Waals surface area (Å²) in [6.07, 6.45) is 3.96. The van der Waals surface area contributed by atoms with Crippen LogP contribution in [0.25, 0.3) is 12.2 Å². The highest BCUT2D eigenvalue weighted by Gasteiger charge is 1.99. The molecule has 0 aromatic heterocycles. The summed E-state index contributed by atoms with van der Waals surface area (Å²) in [5, 5.41) is 2.17. The Morgan fingerprint density at radius 2 is 1.76 bits per heavy atom. The molecule has 0 saturated heterocycles. The van der Waals surface area contributed by atoms with E-state index in [4.69, 9.17) is 22.1 Å². The van der Waals surface area contributed by atoms with E-state index in [1.807, 2.05) is 54.6 Å². The van der Waals surface area contributed by atoms with Gasteiger partial charge >= 0.3 is 0 Å². The van der Waals surface area contributed by atoms with Crippen LogP contribution in [0.5, 0.6) is 5.75 Å². The van der Waals surface area contributed by atoms with E-state index in [0.29, 0.717) is 5.69 Å². The maximum Gasteiger partial charge on any atom is 0.126 e. The van der Waals surface area contributed by atoms with Gasteiger partial charge in [-0.15, -0.1) is 0 Å². The van der Waals surface area contributed by atoms with Gasteiger partial charge in [0, 0.05) is 16.3 Å². The van der Waals surface area contributed by atoms with Crippen molar-refractivity contribution in [1.29, 1.82) is 0 Å². The third kappa shape index (κ3) is 5.98. The standard InChI is InChI=1S/C15H14ClNO.C2H4S/c1-18-15-9-8-14(17)10-12(15)5-2-11-3-6-13(16)7-4-11;1-2-3/h2-10H,17H2,1H3;2-3H,1H2/b5-2+;. The number of nitrogens with two attached hydrogens (primary N) is 1. The third-order valence-corrected chi connectivity index (χ3v) is 2.83. The minimum absolute atomic E-state index is 0.714. The Morgan fingerprint density at radius 1 is 1.14 bits per heavy atom. The largest absolute Gasteiger partial charge is 0.496 e. The topological polar surface area (TPSA) is 35.2 Å². The fourth-order valence-electron chi connectivity index (χ4n) is 1.64. The average Bonchev–Trinajstić information content (AvgIpc) is 2.48. The van der Waals surface area contributed by atoms with Gasteiger partial charge in [-0.2, -0.15) is 12.6 Å². The van der Waals surface area contributed by atoms with Crippen molar-refractivity contribution in [2.75, 3.05) is 12.8 Å². The number of hydrogen-bond donors (Lipinski definition) is 2. The van der Waals surface area contributed by atoms with E-state index in [0.717, 1.165) is 21.9 Å². The number of ether oxygens (including phenoxy) is 1. The summed E-state index contributed by atoms with van der Waals surface area (Å²) >= 11 is 9.39. The van der Waals surface area contributed by atoms with Gasteiger partial charge in [0.25, 0.3) is 0 Å². The van der Waals surface area contributed by atoms with Crippen molar-refractivity contribution in [3.05, 3.63) is 70.6 Å². The summed E-state index contributed by atoms with van der Waals surface area (Å²) in [6, 6.07) is 13.2. The molecular weight excluding hydrogens is 302 g/mol. The summed E-state index contributed by atoms with van der Waals surface area (Å²) in [6.45, 7) is 3.23. The Hall–Kier alpha value is -1.84. The maximum atomic E-state index is 5.84. The number of hydrogen-bond acceptors (Lipinski definition) is 3. The van der Waals surface area contributed by atoms with E-state index in [1.165, 1.54) is 5.41 Å². The Balaban J connectivity index is 0.000000677. The number of rotatable bonds is 3. The molecule has 110 valence electrons. The molecule has 2 rings (SSSR count). The van der Waals surface area contributed by atoms with E-state index >= 15 is 0 Å². The van der Waals surface area contributed by atoms with Crippen molar-refractivity contribution >= 4 is 42.1 Å². The second kappa shape index (κ2) is 9.16. The predicted octanol–water partition coefficient (Wildman–Crippen LogP) is 5.16. The molecule has 0 amide bonds. The van der Waals surface area contributed by atoms with Crippen LogP contribution in [0.15, 0.2) is 54.5 Å². The molecule has 0 aliphatic rings. The van der Waals surface area contributed by atoms with E-state index in [2.05, 4.69) is 19.2 Å². The number of benzene rings is 2. The highest BCUT2D eigenvalue weighted by atomic mass is 35.5. The highest BCUT2D eigenvalue weighted by Crippen LogP contribution is 2.23. The molecule has 2 aromatic rings. The van der Waals surface area contributed by atoms with Gasteiger partial charge in [0.15, 0.2) is 0 Å². The molecule has 0 spiro atoms. The Labute approximate surface area is 136 Å². The van der Waals surface area contributed by atoms with Crippen molar-refractivity contribution in [3.63, 3.8) is 0 Å². The maximum absolute atomic E-state index is 5.84. The van der Waals surface area contributed by atoms with Gasteiger partial charge in [0.2, 0.25) is 0 Å². The summed E-state index contributed by atoms with van der Waals surface area (Å²) in [7, 11) is 1.64. The summed E-state index contributed by atoms with van der Waals surface area (Å²) < 4.78 is 5.28. The minimum atomic E-state index is 0.714. The molecule has 0 heterocycles. The molecule has 21 heavy (non-hydrogen) atoms. The first-order valence-electron chi connectivity index (χ1n) is 6.23. The molecule has 0 radical (unpaired) electrons. The van der Waals surface area contributed by atoms with E-state index in [-0.39, 0.29) is 0 Å². The zero-order chi connectivity index (χ0) is 15.7. The summed E-state index contributed by atoms with van der Waals surface area (Å²) in [5.41, 5.74) is 8.50. The molecule has 0 saturated carbocycles. The predicted molar refractivity (Wildman–Crippen MR) is 97.0 cm³/mol. The fourth-order valence-corrected chi connectivity index (χ4v) is 1.77. The zero-order valence-corrected chi connectivity index (χ0v) is 13.4. The van der Waals surface area contributed by atoms with Crippen LogP contribution in [0.3, 0.4) is 0 Å². The second-order valence-electron chi connectivity index (χ2n) is 4.07. The number of thiol groups is 1. The van der Waals surface area contributed by atoms with Gasteiger partial charge in [0.05, 0.1) is 7.11 Å². The van der Waals surface area contributed by atoms with Crippen molar-refractivity contribution in [1.82, 2.24) is 0 Å². The summed E-state index contributed by atoms with van der Waals surface area (Å²) in [5.74, 6) is 0.800. The Bertz CT molecular complexity index is 609. The lowest BCUT2D eigenvalue weighted by Gasteiger charge is -2.05. The first kappa shape index (κ1) is 17.2. The SMILES string of the molecule is C=CS.COc1ccc(N)cc1/C=C/c1ccc(Cl)cc1. The monoisotopic (exact) mass is 319 g/mol. The lowest BCUT2D eigenvalue weighted by atomic mass is 10.1. The zero-order valence-electron chi connectivity index (χ0n) is 11.8. The smallest absolute Gasteiger partial charge is 0.126 e. The van der Waals surface area contributed by atoms with Crippen LogP contribution in [0.2, 0.25) is 5.02 Å². The quantitative estimate of drug-likeness (QED) is 0.465. The lowest BCUT2D eigenvalue weighted by molar-refractivity contribution is 0.414. The van der Waals surface area contributed by atoms with E-state index in [1.54, 1.807) is 7.11 Å². The van der Waals surface area contributed by atoms with Gasteiger partial charge < -0.3 is 10.5 Å². The molecule has 4 heteroatoms. The molecule has 0 aliphatic carbocycles. The molecule has 0 unspecified atom stereocenters. The fraction of sp³-hybridized carbons (Fsp3) is 0.0588. The summed E-state index contributed by atoms with van der Waals surface area (Å²) in [4.78, 5) is 0. The first-order valence-corrected chi connectivity index (χ1v) is 7.12. The Morgan fingerprint density at radius 3 is 2.33 bits per heavy atom.